The molecule has 0 atom stereocenters. The van der Waals surface area contributed by atoms with Crippen molar-refractivity contribution in [1.82, 2.24) is 0 Å². The van der Waals surface area contributed by atoms with Gasteiger partial charge in [0.15, 0.2) is 5.70 Å². The molecule has 5 nitrogen and oxygen atoms in total. The molecule has 30 heavy (non-hydrogen) atoms. The minimum atomic E-state index is -0.550. The predicted molar refractivity (Wildman–Crippen MR) is 114 cm³/mol. The molecule has 0 spiro atoms. The van der Waals surface area contributed by atoms with E-state index in [0.29, 0.717) is 16.9 Å². The smallest absolute Gasteiger partial charge is 0.363 e. The number of aliphatic imine (C=N–C) groups is 1. The topological polar surface area (TPSA) is 65.0 Å². The third kappa shape index (κ3) is 4.20. The Morgan fingerprint density at radius 3 is 2.47 bits per heavy atom. The number of ether oxygens (including phenoxy) is 2. The highest BCUT2D eigenvalue weighted by Gasteiger charge is 2.24. The highest BCUT2D eigenvalue weighted by atomic mass is 16.6. The van der Waals surface area contributed by atoms with Crippen LogP contribution in [0.4, 0.5) is 0 Å². The normalized spacial score (nSPS) is 14.4. The van der Waals surface area contributed by atoms with Gasteiger partial charge in [-0.05, 0) is 50.3 Å². The Morgan fingerprint density at radius 2 is 1.70 bits per heavy atom. The van der Waals surface area contributed by atoms with E-state index in [4.69, 9.17) is 9.47 Å². The number of nitrogens with zero attached hydrogens (tertiary/aromatic N) is 1. The van der Waals surface area contributed by atoms with Gasteiger partial charge in [-0.1, -0.05) is 53.6 Å². The van der Waals surface area contributed by atoms with Gasteiger partial charge in [-0.2, -0.15) is 0 Å². The van der Waals surface area contributed by atoms with Crippen LogP contribution in [0.2, 0.25) is 0 Å². The van der Waals surface area contributed by atoms with E-state index in [-0.39, 0.29) is 11.6 Å². The summed E-state index contributed by atoms with van der Waals surface area (Å²) in [7, 11) is 0. The van der Waals surface area contributed by atoms with Crippen molar-refractivity contribution in [2.75, 3.05) is 0 Å². The Hall–Kier alpha value is -3.99. The quantitative estimate of drug-likeness (QED) is 0.358. The predicted octanol–water partition coefficient (Wildman–Crippen LogP) is 4.87. The number of esters is 2. The molecule has 3 aromatic rings. The van der Waals surface area contributed by atoms with Crippen molar-refractivity contribution in [3.63, 3.8) is 0 Å². The van der Waals surface area contributed by atoms with Crippen LogP contribution in [0.3, 0.4) is 0 Å². The van der Waals surface area contributed by atoms with E-state index >= 15 is 0 Å². The molecule has 0 saturated heterocycles. The number of carbonyl (C=O) groups excluding carboxylic acids is 2. The summed E-state index contributed by atoms with van der Waals surface area (Å²) in [4.78, 5) is 29.1. The lowest BCUT2D eigenvalue weighted by Crippen LogP contribution is -2.09. The Kier molecular flexibility index (Phi) is 5.26. The summed E-state index contributed by atoms with van der Waals surface area (Å²) in [5.41, 5.74) is 3.97. The zero-order chi connectivity index (χ0) is 21.1. The second-order valence-electron chi connectivity index (χ2n) is 7.00. The summed E-state index contributed by atoms with van der Waals surface area (Å²) >= 11 is 0. The molecule has 1 aliphatic rings. The van der Waals surface area contributed by atoms with Crippen molar-refractivity contribution in [3.8, 4) is 5.75 Å². The standard InChI is InChI=1S/C25H19NO4/c1-16-10-12-18(13-11-16)24(27)29-22-9-4-3-7-19(22)15-21-25(28)30-23(26-21)20-8-5-6-17(2)14-20/h3-15H,1-2H3/b21-15+. The van der Waals surface area contributed by atoms with Crippen LogP contribution >= 0.6 is 0 Å². The zero-order valence-electron chi connectivity index (χ0n) is 16.6. The fraction of sp³-hybridized carbons (Fsp3) is 0.0800. The van der Waals surface area contributed by atoms with Crippen molar-refractivity contribution >= 4 is 23.9 Å². The number of carbonyl (C=O) groups is 2. The molecule has 148 valence electrons. The summed E-state index contributed by atoms with van der Waals surface area (Å²) in [6, 6.07) is 21.7. The summed E-state index contributed by atoms with van der Waals surface area (Å²) in [6.07, 6.45) is 1.56. The van der Waals surface area contributed by atoms with Gasteiger partial charge < -0.3 is 9.47 Å². The number of rotatable bonds is 4. The first-order valence-electron chi connectivity index (χ1n) is 9.47. The first kappa shape index (κ1) is 19.3. The molecular weight excluding hydrogens is 378 g/mol. The number of hydrogen-bond donors (Lipinski definition) is 0. The lowest BCUT2D eigenvalue weighted by molar-refractivity contribution is -0.129. The summed E-state index contributed by atoms with van der Waals surface area (Å²) in [6.45, 7) is 3.90. The molecule has 0 aromatic heterocycles. The molecule has 0 saturated carbocycles. The van der Waals surface area contributed by atoms with E-state index in [1.54, 1.807) is 42.5 Å². The number of cyclic esters (lactones) is 1. The average molecular weight is 397 g/mol. The Morgan fingerprint density at radius 1 is 0.933 bits per heavy atom. The maximum Gasteiger partial charge on any atom is 0.363 e. The third-order valence-electron chi connectivity index (χ3n) is 4.59. The highest BCUT2D eigenvalue weighted by Crippen LogP contribution is 2.25. The van der Waals surface area contributed by atoms with Crippen molar-refractivity contribution in [2.45, 2.75) is 13.8 Å². The SMILES string of the molecule is Cc1ccc(C(=O)Oc2ccccc2/C=C2/N=C(c3cccc(C)c3)OC2=O)cc1. The molecule has 0 bridgehead atoms. The first-order valence-corrected chi connectivity index (χ1v) is 9.47. The first-order chi connectivity index (χ1) is 14.5. The zero-order valence-corrected chi connectivity index (χ0v) is 16.6. The van der Waals surface area contributed by atoms with Crippen LogP contribution in [0.25, 0.3) is 6.08 Å². The largest absolute Gasteiger partial charge is 0.422 e. The molecule has 4 rings (SSSR count). The molecule has 3 aromatic carbocycles. The van der Waals surface area contributed by atoms with Gasteiger partial charge in [0.05, 0.1) is 5.56 Å². The van der Waals surface area contributed by atoms with Crippen LogP contribution in [0, 0.1) is 13.8 Å². The molecule has 0 amide bonds. The fourth-order valence-electron chi connectivity index (χ4n) is 3.00. The molecule has 1 aliphatic heterocycles. The summed E-state index contributed by atoms with van der Waals surface area (Å²) in [5, 5.41) is 0. The van der Waals surface area contributed by atoms with Crippen LogP contribution in [0.15, 0.2) is 83.5 Å². The van der Waals surface area contributed by atoms with Crippen LogP contribution in [-0.4, -0.2) is 17.8 Å². The molecule has 0 fully saturated rings. The third-order valence-corrected chi connectivity index (χ3v) is 4.59. The lowest BCUT2D eigenvalue weighted by atomic mass is 10.1. The molecule has 1 heterocycles. The van der Waals surface area contributed by atoms with Gasteiger partial charge in [-0.25, -0.2) is 14.6 Å². The molecule has 0 aliphatic carbocycles. The highest BCUT2D eigenvalue weighted by molar-refractivity contribution is 6.13. The summed E-state index contributed by atoms with van der Waals surface area (Å²) in [5.74, 6) is -0.434. The number of hydrogen-bond acceptors (Lipinski definition) is 5. The van der Waals surface area contributed by atoms with E-state index in [9.17, 15) is 9.59 Å². The molecular formula is C25H19NO4. The van der Waals surface area contributed by atoms with E-state index < -0.39 is 11.9 Å². The van der Waals surface area contributed by atoms with Crippen molar-refractivity contribution in [1.29, 1.82) is 0 Å². The molecule has 5 heteroatoms. The van der Waals surface area contributed by atoms with Crippen molar-refractivity contribution < 1.29 is 19.1 Å². The van der Waals surface area contributed by atoms with Gasteiger partial charge in [-0.15, -0.1) is 0 Å². The minimum absolute atomic E-state index is 0.144. The number of aryl methyl sites for hydroxylation is 2. The average Bonchev–Trinajstić information content (AvgIpc) is 3.10. The Labute approximate surface area is 174 Å². The van der Waals surface area contributed by atoms with Crippen LogP contribution < -0.4 is 4.74 Å². The Balaban J connectivity index is 1.62. The molecule has 0 N–H and O–H groups in total. The maximum absolute atomic E-state index is 12.5. The van der Waals surface area contributed by atoms with Gasteiger partial charge in [0.25, 0.3) is 0 Å². The van der Waals surface area contributed by atoms with Crippen molar-refractivity contribution in [2.24, 2.45) is 4.99 Å². The van der Waals surface area contributed by atoms with E-state index in [1.165, 1.54) is 0 Å². The second-order valence-corrected chi connectivity index (χ2v) is 7.00. The van der Waals surface area contributed by atoms with Crippen LogP contribution in [0.5, 0.6) is 5.75 Å². The van der Waals surface area contributed by atoms with E-state index in [0.717, 1.165) is 16.7 Å². The van der Waals surface area contributed by atoms with E-state index in [2.05, 4.69) is 4.99 Å². The summed E-state index contributed by atoms with van der Waals surface area (Å²) < 4.78 is 10.9. The van der Waals surface area contributed by atoms with Gasteiger partial charge in [0.2, 0.25) is 5.90 Å². The van der Waals surface area contributed by atoms with Gasteiger partial charge in [0.1, 0.15) is 5.75 Å². The maximum atomic E-state index is 12.5. The fourth-order valence-corrected chi connectivity index (χ4v) is 3.00. The monoisotopic (exact) mass is 397 g/mol. The Bertz CT molecular complexity index is 1190. The number of benzene rings is 3. The van der Waals surface area contributed by atoms with Gasteiger partial charge in [-0.3, -0.25) is 0 Å². The van der Waals surface area contributed by atoms with Crippen LogP contribution in [-0.2, 0) is 9.53 Å². The van der Waals surface area contributed by atoms with E-state index in [1.807, 2.05) is 50.2 Å². The van der Waals surface area contributed by atoms with Crippen LogP contribution in [0.1, 0.15) is 32.6 Å². The van der Waals surface area contributed by atoms with Gasteiger partial charge in [0, 0.05) is 11.1 Å². The lowest BCUT2D eigenvalue weighted by Gasteiger charge is -2.07. The minimum Gasteiger partial charge on any atom is -0.422 e. The van der Waals surface area contributed by atoms with Gasteiger partial charge >= 0.3 is 11.9 Å². The molecule has 0 radical (unpaired) electrons. The molecule has 0 unspecified atom stereocenters. The second kappa shape index (κ2) is 8.17. The number of para-hydroxylation sites is 1. The van der Waals surface area contributed by atoms with Crippen molar-refractivity contribution in [3.05, 3.63) is 106 Å².